The van der Waals surface area contributed by atoms with Gasteiger partial charge in [0.05, 0.1) is 25.2 Å². The lowest BCUT2D eigenvalue weighted by Crippen LogP contribution is -2.65. The van der Waals surface area contributed by atoms with Gasteiger partial charge in [0, 0.05) is 17.7 Å². The van der Waals surface area contributed by atoms with Crippen molar-refractivity contribution in [3.8, 4) is 34.3 Å². The van der Waals surface area contributed by atoms with Gasteiger partial charge in [-0.15, -0.1) is 0 Å². The number of phenols is 2. The molecule has 3 fully saturated rings. The zero-order valence-electron chi connectivity index (χ0n) is 31.1. The molecule has 15 atom stereocenters. The van der Waals surface area contributed by atoms with Crippen LogP contribution in [0.5, 0.6) is 23.0 Å². The third-order valence-electron chi connectivity index (χ3n) is 9.99. The second-order valence-corrected chi connectivity index (χ2v) is 14.4. The topological polar surface area (TPSA) is 334 Å². The minimum absolute atomic E-state index is 0.120. The second-order valence-electron chi connectivity index (χ2n) is 14.4. The summed E-state index contributed by atoms with van der Waals surface area (Å²) < 4.78 is 46.2. The first-order valence-corrected chi connectivity index (χ1v) is 18.2. The average molecular weight is 827 g/mol. The third kappa shape index (κ3) is 8.45. The highest BCUT2D eigenvalue weighted by molar-refractivity contribution is 5.88. The van der Waals surface area contributed by atoms with E-state index in [1.807, 2.05) is 0 Å². The minimum Gasteiger partial charge on any atom is -0.508 e. The van der Waals surface area contributed by atoms with Crippen LogP contribution < -0.4 is 14.9 Å². The maximum Gasteiger partial charge on any atom is 0.308 e. The van der Waals surface area contributed by atoms with Gasteiger partial charge in [-0.3, -0.25) is 9.59 Å². The lowest BCUT2D eigenvalue weighted by molar-refractivity contribution is -0.351. The molecule has 320 valence electrons. The number of hydrogen-bond acceptors (Lipinski definition) is 21. The molecule has 3 aliphatic heterocycles. The second kappa shape index (κ2) is 17.6. The van der Waals surface area contributed by atoms with Crippen LogP contribution in [0.1, 0.15) is 20.8 Å². The Morgan fingerprint density at radius 3 is 1.90 bits per heavy atom. The van der Waals surface area contributed by atoms with Crippen molar-refractivity contribution in [2.75, 3.05) is 13.2 Å². The number of hydrogen-bond donors (Lipinski definition) is 11. The zero-order chi connectivity index (χ0) is 42.3. The molecule has 0 spiro atoms. The van der Waals surface area contributed by atoms with Crippen LogP contribution in [-0.2, 0) is 28.5 Å². The van der Waals surface area contributed by atoms with E-state index in [0.29, 0.717) is 0 Å². The molecule has 0 radical (unpaired) electrons. The van der Waals surface area contributed by atoms with Crippen LogP contribution >= 0.6 is 0 Å². The predicted octanol–water partition coefficient (Wildman–Crippen LogP) is -2.71. The van der Waals surface area contributed by atoms with Gasteiger partial charge in [-0.2, -0.15) is 0 Å². The summed E-state index contributed by atoms with van der Waals surface area (Å²) >= 11 is 0. The zero-order valence-corrected chi connectivity index (χ0v) is 31.1. The molecule has 6 rings (SSSR count). The highest BCUT2D eigenvalue weighted by atomic mass is 16.7. The van der Waals surface area contributed by atoms with Gasteiger partial charge >= 0.3 is 5.97 Å². The van der Waals surface area contributed by atoms with Crippen molar-refractivity contribution in [3.05, 3.63) is 46.6 Å². The van der Waals surface area contributed by atoms with Gasteiger partial charge in [-0.05, 0) is 31.2 Å². The van der Waals surface area contributed by atoms with Crippen LogP contribution in [0.4, 0.5) is 0 Å². The predicted molar refractivity (Wildman–Crippen MR) is 190 cm³/mol. The lowest BCUT2D eigenvalue weighted by atomic mass is 9.97. The molecule has 0 unspecified atom stereocenters. The van der Waals surface area contributed by atoms with Crippen molar-refractivity contribution in [1.82, 2.24) is 0 Å². The van der Waals surface area contributed by atoms with Crippen LogP contribution in [0.3, 0.4) is 0 Å². The van der Waals surface area contributed by atoms with Crippen molar-refractivity contribution in [3.63, 3.8) is 0 Å². The molecule has 0 bridgehead atoms. The SMILES string of the molecule is CC(C)C(=O)O[C@H]1[C@H](Oc2cc(O)c3c(=O)c(O[C@@H]4O[C@H](CO)[C@@H](O)[C@H](O)[C@H]4O)c(-c4ccc(O)cc4)oc3c2)O[C@@H](C)[C@H](O)[C@H]1O[C@@H]1O[C@H](CO)[C@@H](O)[C@H](O)[C@H]1O. The Hall–Kier alpha value is -4.20. The maximum absolute atomic E-state index is 14.1. The van der Waals surface area contributed by atoms with Crippen molar-refractivity contribution in [2.24, 2.45) is 5.92 Å². The van der Waals surface area contributed by atoms with Crippen LogP contribution in [0, 0.1) is 5.92 Å². The van der Waals surface area contributed by atoms with Crippen molar-refractivity contribution >= 4 is 16.9 Å². The number of aliphatic hydroxyl groups excluding tert-OH is 9. The Morgan fingerprint density at radius 2 is 1.31 bits per heavy atom. The van der Waals surface area contributed by atoms with Crippen LogP contribution in [0.15, 0.2) is 45.6 Å². The summed E-state index contributed by atoms with van der Waals surface area (Å²) in [5.74, 6) is -3.73. The fourth-order valence-electron chi connectivity index (χ4n) is 6.62. The molecule has 3 aromatic rings. The number of phenolic OH excluding ortho intramolecular Hbond substituents is 2. The van der Waals surface area contributed by atoms with Crippen molar-refractivity contribution in [2.45, 2.75) is 113 Å². The molecule has 21 heteroatoms. The molecule has 4 heterocycles. The minimum atomic E-state index is -1.94. The first-order chi connectivity index (χ1) is 27.4. The summed E-state index contributed by atoms with van der Waals surface area (Å²) in [6.45, 7) is 2.85. The summed E-state index contributed by atoms with van der Waals surface area (Å²) in [6.07, 6.45) is -25.1. The van der Waals surface area contributed by atoms with Crippen LogP contribution in [0.2, 0.25) is 0 Å². The van der Waals surface area contributed by atoms with Gasteiger partial charge in [0.2, 0.25) is 23.8 Å². The standard InChI is InChI=1S/C37H46O21/c1-12(2)34(50)56-33-31(57-35-28(48)26(46)23(43)19(10-38)54-35)22(42)13(3)51-37(33)52-16-8-17(41)21-18(9-16)53-30(14-4-6-15(40)7-5-14)32(25(21)45)58-36-29(49)27(47)24(44)20(11-39)55-36/h4-9,12-13,19-20,22-24,26-29,31,33,35-44,46-49H,10-11H2,1-3H3/t13-,19+,20+,22-,23+,24+,26-,27-,28+,29+,31+,33+,35-,36-,37-/m0/s1. The molecule has 3 saturated heterocycles. The Morgan fingerprint density at radius 1 is 0.724 bits per heavy atom. The Balaban J connectivity index is 1.39. The Kier molecular flexibility index (Phi) is 13.1. The molecular weight excluding hydrogens is 780 g/mol. The van der Waals surface area contributed by atoms with E-state index < -0.39 is 140 Å². The van der Waals surface area contributed by atoms with E-state index in [1.165, 1.54) is 45.0 Å². The van der Waals surface area contributed by atoms with E-state index in [0.717, 1.165) is 12.1 Å². The molecule has 0 amide bonds. The number of carbonyl (C=O) groups excluding carboxylic acids is 1. The van der Waals surface area contributed by atoms with Crippen molar-refractivity contribution < 1.29 is 98.5 Å². The van der Waals surface area contributed by atoms with Gasteiger partial charge in [0.1, 0.15) is 89.3 Å². The fourth-order valence-corrected chi connectivity index (χ4v) is 6.62. The number of aromatic hydroxyl groups is 2. The summed E-state index contributed by atoms with van der Waals surface area (Å²) in [5.41, 5.74) is -1.25. The van der Waals surface area contributed by atoms with Gasteiger partial charge in [0.15, 0.2) is 18.2 Å². The van der Waals surface area contributed by atoms with Crippen LogP contribution in [0.25, 0.3) is 22.3 Å². The Labute approximate surface area is 328 Å². The molecule has 2 aromatic carbocycles. The van der Waals surface area contributed by atoms with E-state index in [2.05, 4.69) is 0 Å². The van der Waals surface area contributed by atoms with Gasteiger partial charge in [0.25, 0.3) is 0 Å². The van der Waals surface area contributed by atoms with Crippen LogP contribution in [-0.4, -0.2) is 167 Å². The number of aliphatic hydroxyl groups is 9. The lowest BCUT2D eigenvalue weighted by Gasteiger charge is -2.46. The highest BCUT2D eigenvalue weighted by Gasteiger charge is 2.53. The number of fused-ring (bicyclic) bond motifs is 1. The largest absolute Gasteiger partial charge is 0.508 e. The van der Waals surface area contributed by atoms with Gasteiger partial charge < -0.3 is 93.7 Å². The maximum atomic E-state index is 14.1. The summed E-state index contributed by atoms with van der Waals surface area (Å²) in [5, 5.41) is 114. The molecule has 0 saturated carbocycles. The first kappa shape index (κ1) is 43.4. The smallest absolute Gasteiger partial charge is 0.308 e. The summed E-state index contributed by atoms with van der Waals surface area (Å²) in [6, 6.07) is 7.30. The molecule has 1 aromatic heterocycles. The molecule has 58 heavy (non-hydrogen) atoms. The number of esters is 1. The van der Waals surface area contributed by atoms with Gasteiger partial charge in [-0.1, -0.05) is 13.8 Å². The average Bonchev–Trinajstić information content (AvgIpc) is 3.19. The molecule has 21 nitrogen and oxygen atoms in total. The normalized spacial score (nSPS) is 35.5. The third-order valence-corrected chi connectivity index (χ3v) is 9.99. The monoisotopic (exact) mass is 826 g/mol. The van der Waals surface area contributed by atoms with Crippen molar-refractivity contribution in [1.29, 1.82) is 0 Å². The summed E-state index contributed by atoms with van der Waals surface area (Å²) in [7, 11) is 0. The number of rotatable bonds is 11. The number of ether oxygens (including phenoxy) is 7. The quantitative estimate of drug-likeness (QED) is 0.0875. The molecule has 11 N–H and O–H groups in total. The van der Waals surface area contributed by atoms with E-state index in [-0.39, 0.29) is 28.4 Å². The Bertz CT molecular complexity index is 1950. The molecule has 0 aliphatic carbocycles. The van der Waals surface area contributed by atoms with E-state index in [4.69, 9.17) is 37.6 Å². The van der Waals surface area contributed by atoms with Gasteiger partial charge in [-0.25, -0.2) is 0 Å². The number of benzene rings is 2. The molecule has 3 aliphatic rings. The van der Waals surface area contributed by atoms with E-state index >= 15 is 0 Å². The van der Waals surface area contributed by atoms with E-state index in [9.17, 15) is 65.8 Å². The first-order valence-electron chi connectivity index (χ1n) is 18.2. The number of carbonyl (C=O) groups is 1. The fraction of sp³-hybridized carbons (Fsp3) is 0.568. The highest BCUT2D eigenvalue weighted by Crippen LogP contribution is 2.39. The molecular formula is C37H46O21. The summed E-state index contributed by atoms with van der Waals surface area (Å²) in [4.78, 5) is 27.1. The van der Waals surface area contributed by atoms with E-state index in [1.54, 1.807) is 0 Å².